The molecule has 0 saturated heterocycles. The third-order valence-electron chi connectivity index (χ3n) is 1.41. The van der Waals surface area contributed by atoms with Crippen LogP contribution in [0.3, 0.4) is 0 Å². The lowest BCUT2D eigenvalue weighted by Crippen LogP contribution is -2.11. The minimum Gasteiger partial charge on any atom is -0.462 e. The number of carbonyl (C=O) groups excluding carboxylic acids is 1. The topological polar surface area (TPSA) is 41.9 Å². The predicted octanol–water partition coefficient (Wildman–Crippen LogP) is 1.15. The van der Waals surface area contributed by atoms with Gasteiger partial charge >= 0.3 is 5.97 Å². The zero-order valence-electron chi connectivity index (χ0n) is 6.86. The molecule has 1 aliphatic carbocycles. The number of hydrogen-bond donors (Lipinski definition) is 0. The van der Waals surface area contributed by atoms with E-state index in [0.29, 0.717) is 12.6 Å². The predicted molar refractivity (Wildman–Crippen MR) is 45.8 cm³/mol. The van der Waals surface area contributed by atoms with E-state index in [0.717, 1.165) is 19.1 Å². The minimum absolute atomic E-state index is 0.303. The van der Waals surface area contributed by atoms with Crippen LogP contribution in [0.1, 0.15) is 19.8 Å². The summed E-state index contributed by atoms with van der Waals surface area (Å²) < 4.78 is 5.89. The number of esters is 1. The molecule has 1 saturated carbocycles. The van der Waals surface area contributed by atoms with Crippen LogP contribution in [0.2, 0.25) is 0 Å². The Kier molecular flexibility index (Phi) is 3.34. The number of hydrazone groups is 1. The molecule has 0 spiro atoms. The monoisotopic (exact) mass is 190 g/mol. The fraction of sp³-hybridized carbons (Fsp3) is 0.714. The van der Waals surface area contributed by atoms with E-state index in [1.807, 2.05) is 0 Å². The summed E-state index contributed by atoms with van der Waals surface area (Å²) in [6.07, 6.45) is 3.18. The zero-order valence-corrected chi connectivity index (χ0v) is 7.62. The summed E-state index contributed by atoms with van der Waals surface area (Å²) in [5.74, 6) is -0.455. The molecule has 0 amide bonds. The Labute approximate surface area is 76.2 Å². The summed E-state index contributed by atoms with van der Waals surface area (Å²) in [4.78, 5) is 10.7. The molecule has 1 fully saturated rings. The maximum absolute atomic E-state index is 10.7. The van der Waals surface area contributed by atoms with Crippen LogP contribution in [0.4, 0.5) is 0 Å². The van der Waals surface area contributed by atoms with Crippen molar-refractivity contribution >= 4 is 24.0 Å². The Hall–Kier alpha value is -0.770. The van der Waals surface area contributed by atoms with E-state index in [1.165, 1.54) is 4.53 Å². The maximum Gasteiger partial charge on any atom is 0.351 e. The first kappa shape index (κ1) is 9.32. The molecular weight excluding hydrogens is 180 g/mol. The summed E-state index contributed by atoms with van der Waals surface area (Å²) in [6, 6.07) is 0.303. The van der Waals surface area contributed by atoms with Crippen molar-refractivity contribution in [1.82, 2.24) is 4.53 Å². The van der Waals surface area contributed by atoms with Crippen molar-refractivity contribution in [2.24, 2.45) is 5.10 Å². The molecule has 0 aromatic carbocycles. The van der Waals surface area contributed by atoms with Gasteiger partial charge in [-0.15, -0.1) is 0 Å². The van der Waals surface area contributed by atoms with E-state index in [4.69, 9.17) is 11.8 Å². The van der Waals surface area contributed by atoms with Gasteiger partial charge in [0, 0.05) is 11.8 Å². The SMILES string of the molecule is CCOC(=O)/C=N\N(Cl)C1CC1. The van der Waals surface area contributed by atoms with Gasteiger partial charge in [0.2, 0.25) is 0 Å². The Morgan fingerprint density at radius 1 is 1.83 bits per heavy atom. The van der Waals surface area contributed by atoms with Crippen LogP contribution >= 0.6 is 11.8 Å². The lowest BCUT2D eigenvalue weighted by Gasteiger charge is -2.05. The summed E-state index contributed by atoms with van der Waals surface area (Å²) in [5, 5.41) is 3.70. The van der Waals surface area contributed by atoms with Gasteiger partial charge in [-0.05, 0) is 19.8 Å². The van der Waals surface area contributed by atoms with Gasteiger partial charge in [0.1, 0.15) is 6.21 Å². The summed E-state index contributed by atoms with van der Waals surface area (Å²) in [6.45, 7) is 2.10. The van der Waals surface area contributed by atoms with Crippen LogP contribution in [0, 0.1) is 0 Å². The summed E-state index contributed by atoms with van der Waals surface area (Å²) >= 11 is 5.65. The number of hydrogen-bond acceptors (Lipinski definition) is 4. The standard InChI is InChI=1S/C7H11ClN2O2/c1-2-12-7(11)5-9-10(8)6-3-4-6/h5-6H,2-4H2,1H3/b9-5-. The van der Waals surface area contributed by atoms with Crippen LogP contribution in [0.25, 0.3) is 0 Å². The quantitative estimate of drug-likeness (QED) is 0.289. The van der Waals surface area contributed by atoms with Crippen LogP contribution < -0.4 is 0 Å². The van der Waals surface area contributed by atoms with Gasteiger partial charge in [-0.25, -0.2) is 9.32 Å². The molecular formula is C7H11ClN2O2. The molecule has 0 unspecified atom stereocenters. The maximum atomic E-state index is 10.7. The highest BCUT2D eigenvalue weighted by Crippen LogP contribution is 2.28. The molecule has 1 aliphatic rings. The van der Waals surface area contributed by atoms with Crippen LogP contribution in [-0.4, -0.2) is 29.4 Å². The van der Waals surface area contributed by atoms with Crippen molar-refractivity contribution in [3.05, 3.63) is 0 Å². The normalized spacial score (nSPS) is 16.5. The van der Waals surface area contributed by atoms with Gasteiger partial charge in [0.25, 0.3) is 0 Å². The molecule has 0 aliphatic heterocycles. The Balaban J connectivity index is 2.22. The lowest BCUT2D eigenvalue weighted by atomic mass is 10.7. The van der Waals surface area contributed by atoms with Crippen LogP contribution in [0.5, 0.6) is 0 Å². The first-order chi connectivity index (χ1) is 5.74. The van der Waals surface area contributed by atoms with Crippen molar-refractivity contribution in [1.29, 1.82) is 0 Å². The van der Waals surface area contributed by atoms with Crippen molar-refractivity contribution in [2.75, 3.05) is 6.61 Å². The average Bonchev–Trinajstić information content (AvgIpc) is 2.83. The smallest absolute Gasteiger partial charge is 0.351 e. The van der Waals surface area contributed by atoms with Crippen molar-refractivity contribution in [2.45, 2.75) is 25.8 Å². The Morgan fingerprint density at radius 2 is 2.50 bits per heavy atom. The second-order valence-corrected chi connectivity index (χ2v) is 2.86. The third-order valence-corrected chi connectivity index (χ3v) is 1.77. The van der Waals surface area contributed by atoms with E-state index < -0.39 is 5.97 Å². The van der Waals surface area contributed by atoms with E-state index >= 15 is 0 Å². The van der Waals surface area contributed by atoms with Gasteiger partial charge in [0.05, 0.1) is 12.6 Å². The van der Waals surface area contributed by atoms with Crippen LogP contribution in [-0.2, 0) is 9.53 Å². The van der Waals surface area contributed by atoms with Crippen molar-refractivity contribution < 1.29 is 9.53 Å². The second kappa shape index (κ2) is 4.30. The van der Waals surface area contributed by atoms with Crippen LogP contribution in [0.15, 0.2) is 5.10 Å². The first-order valence-electron chi connectivity index (χ1n) is 3.89. The number of nitrogens with zero attached hydrogens (tertiary/aromatic N) is 2. The van der Waals surface area contributed by atoms with Gasteiger partial charge in [-0.3, -0.25) is 0 Å². The highest BCUT2D eigenvalue weighted by molar-refractivity contribution is 6.24. The largest absolute Gasteiger partial charge is 0.462 e. The van der Waals surface area contributed by atoms with Gasteiger partial charge in [-0.2, -0.15) is 5.10 Å². The molecule has 0 aromatic rings. The van der Waals surface area contributed by atoms with E-state index in [1.54, 1.807) is 6.92 Å². The fourth-order valence-corrected chi connectivity index (χ4v) is 0.903. The molecule has 0 bridgehead atoms. The van der Waals surface area contributed by atoms with E-state index in [-0.39, 0.29) is 0 Å². The molecule has 12 heavy (non-hydrogen) atoms. The second-order valence-electron chi connectivity index (χ2n) is 2.52. The third kappa shape index (κ3) is 3.09. The van der Waals surface area contributed by atoms with E-state index in [9.17, 15) is 4.79 Å². The molecule has 5 heteroatoms. The average molecular weight is 191 g/mol. The molecule has 0 radical (unpaired) electrons. The number of ether oxygens (including phenoxy) is 1. The Morgan fingerprint density at radius 3 is 3.00 bits per heavy atom. The number of carbonyl (C=O) groups is 1. The molecule has 0 atom stereocenters. The van der Waals surface area contributed by atoms with Crippen molar-refractivity contribution in [3.8, 4) is 0 Å². The van der Waals surface area contributed by atoms with E-state index in [2.05, 4.69) is 9.84 Å². The first-order valence-corrected chi connectivity index (χ1v) is 4.23. The molecule has 0 N–H and O–H groups in total. The number of halogens is 1. The Bertz CT molecular complexity index is 192. The molecule has 1 rings (SSSR count). The summed E-state index contributed by atoms with van der Waals surface area (Å²) in [5.41, 5.74) is 0. The van der Waals surface area contributed by atoms with Crippen molar-refractivity contribution in [3.63, 3.8) is 0 Å². The van der Waals surface area contributed by atoms with Gasteiger partial charge in [-0.1, -0.05) is 0 Å². The van der Waals surface area contributed by atoms with Gasteiger partial charge in [0.15, 0.2) is 0 Å². The minimum atomic E-state index is -0.455. The molecule has 0 heterocycles. The molecule has 68 valence electrons. The fourth-order valence-electron chi connectivity index (χ4n) is 0.664. The zero-order chi connectivity index (χ0) is 8.97. The highest BCUT2D eigenvalue weighted by atomic mass is 35.5. The molecule has 0 aromatic heterocycles. The lowest BCUT2D eigenvalue weighted by molar-refractivity contribution is -0.134. The summed E-state index contributed by atoms with van der Waals surface area (Å²) in [7, 11) is 0. The highest BCUT2D eigenvalue weighted by Gasteiger charge is 2.27. The number of rotatable bonds is 4. The molecule has 4 nitrogen and oxygen atoms in total. The van der Waals surface area contributed by atoms with Gasteiger partial charge < -0.3 is 4.74 Å².